The molecule has 1 N–H and O–H groups in total. The summed E-state index contributed by atoms with van der Waals surface area (Å²) in [7, 11) is -3.56. The van der Waals surface area contributed by atoms with E-state index in [0.29, 0.717) is 24.3 Å². The van der Waals surface area contributed by atoms with E-state index in [-0.39, 0.29) is 29.3 Å². The van der Waals surface area contributed by atoms with Crippen LogP contribution >= 0.6 is 0 Å². The number of amides is 2. The van der Waals surface area contributed by atoms with Gasteiger partial charge >= 0.3 is 0 Å². The minimum atomic E-state index is -3.56. The molecule has 1 aromatic rings. The van der Waals surface area contributed by atoms with Gasteiger partial charge in [0.25, 0.3) is 0 Å². The van der Waals surface area contributed by atoms with E-state index < -0.39 is 15.4 Å². The van der Waals surface area contributed by atoms with Gasteiger partial charge in [0, 0.05) is 24.8 Å². The quantitative estimate of drug-likeness (QED) is 0.782. The first-order valence-corrected chi connectivity index (χ1v) is 11.3. The number of rotatable bonds is 6. The number of nitrogens with zero attached hydrogens (tertiary/aromatic N) is 2. The monoisotopic (exact) mass is 407 g/mol. The zero-order valence-corrected chi connectivity index (χ0v) is 17.8. The molecule has 1 unspecified atom stereocenters. The summed E-state index contributed by atoms with van der Waals surface area (Å²) in [6.07, 6.45) is 2.54. The molecule has 0 aromatic heterocycles. The fraction of sp³-hybridized carbons (Fsp3) is 0.600. The summed E-state index contributed by atoms with van der Waals surface area (Å²) < 4.78 is 27.3. The topological polar surface area (TPSA) is 86.8 Å². The maximum atomic E-state index is 13.0. The Hall–Kier alpha value is -1.93. The summed E-state index contributed by atoms with van der Waals surface area (Å²) in [5, 5.41) is 2.87. The average Bonchev–Trinajstić information content (AvgIpc) is 3.25. The highest BCUT2D eigenvalue weighted by molar-refractivity contribution is 7.89. The van der Waals surface area contributed by atoms with E-state index in [1.165, 1.54) is 9.21 Å². The Kier molecular flexibility index (Phi) is 5.55. The van der Waals surface area contributed by atoms with E-state index in [0.717, 1.165) is 19.3 Å². The largest absolute Gasteiger partial charge is 0.352 e. The van der Waals surface area contributed by atoms with Crippen LogP contribution in [0.15, 0.2) is 23.1 Å². The molecule has 8 heteroatoms. The van der Waals surface area contributed by atoms with Gasteiger partial charge in [0.05, 0.1) is 10.3 Å². The van der Waals surface area contributed by atoms with Crippen molar-refractivity contribution < 1.29 is 18.0 Å². The van der Waals surface area contributed by atoms with Gasteiger partial charge in [-0.3, -0.25) is 9.59 Å². The SMILES string of the molecule is CCC(C)NC(=O)CN1C(=O)C(C)(C)c2cc(S(=O)(=O)N3CCCC3)ccc21. The third-order valence-corrected chi connectivity index (χ3v) is 7.63. The molecule has 2 heterocycles. The minimum Gasteiger partial charge on any atom is -0.352 e. The van der Waals surface area contributed by atoms with E-state index in [1.807, 2.05) is 13.8 Å². The molecule has 1 atom stereocenters. The highest BCUT2D eigenvalue weighted by Gasteiger charge is 2.45. The molecule has 2 amide bonds. The van der Waals surface area contributed by atoms with Crippen molar-refractivity contribution in [1.29, 1.82) is 0 Å². The molecule has 154 valence electrons. The summed E-state index contributed by atoms with van der Waals surface area (Å²) >= 11 is 0. The van der Waals surface area contributed by atoms with Gasteiger partial charge in [0.2, 0.25) is 21.8 Å². The molecule has 0 saturated carbocycles. The molecule has 0 aliphatic carbocycles. The second kappa shape index (κ2) is 7.48. The van der Waals surface area contributed by atoms with Crippen LogP contribution < -0.4 is 10.2 Å². The number of carbonyl (C=O) groups excluding carboxylic acids is 2. The number of anilines is 1. The standard InChI is InChI=1S/C20H29N3O4S/c1-5-14(2)21-18(24)13-23-17-9-8-15(12-16(17)20(3,4)19(23)25)28(26,27)22-10-6-7-11-22/h8-9,12,14H,5-7,10-11,13H2,1-4H3,(H,21,24). The lowest BCUT2D eigenvalue weighted by molar-refractivity contribution is -0.125. The van der Waals surface area contributed by atoms with Crippen LogP contribution in [0.2, 0.25) is 0 Å². The molecule has 3 rings (SSSR count). The van der Waals surface area contributed by atoms with Crippen LogP contribution in [0.1, 0.15) is 52.5 Å². The first-order valence-electron chi connectivity index (χ1n) is 9.85. The highest BCUT2D eigenvalue weighted by atomic mass is 32.2. The van der Waals surface area contributed by atoms with E-state index in [1.54, 1.807) is 32.0 Å². The lowest BCUT2D eigenvalue weighted by Gasteiger charge is -2.21. The second-order valence-electron chi connectivity index (χ2n) is 8.18. The molecular formula is C20H29N3O4S. The van der Waals surface area contributed by atoms with Gasteiger partial charge in [-0.05, 0) is 63.8 Å². The molecule has 0 spiro atoms. The summed E-state index contributed by atoms with van der Waals surface area (Å²) in [6, 6.07) is 4.83. The Bertz CT molecular complexity index is 889. The summed E-state index contributed by atoms with van der Waals surface area (Å²) in [6.45, 7) is 8.43. The van der Waals surface area contributed by atoms with Crippen molar-refractivity contribution in [3.8, 4) is 0 Å². The van der Waals surface area contributed by atoms with Gasteiger partial charge < -0.3 is 10.2 Å². The molecule has 28 heavy (non-hydrogen) atoms. The lowest BCUT2D eigenvalue weighted by Crippen LogP contribution is -2.44. The van der Waals surface area contributed by atoms with Gasteiger partial charge in [0.15, 0.2) is 0 Å². The Morgan fingerprint density at radius 2 is 1.89 bits per heavy atom. The summed E-state index contributed by atoms with van der Waals surface area (Å²) in [4.78, 5) is 27.0. The number of carbonyl (C=O) groups is 2. The Morgan fingerprint density at radius 3 is 2.50 bits per heavy atom. The fourth-order valence-electron chi connectivity index (χ4n) is 3.77. The maximum Gasteiger partial charge on any atom is 0.243 e. The fourth-order valence-corrected chi connectivity index (χ4v) is 5.32. The Balaban J connectivity index is 1.93. The lowest BCUT2D eigenvalue weighted by atomic mass is 9.86. The number of hydrogen-bond acceptors (Lipinski definition) is 4. The van der Waals surface area contributed by atoms with Crippen LogP contribution in [0.5, 0.6) is 0 Å². The van der Waals surface area contributed by atoms with Gasteiger partial charge in [0.1, 0.15) is 6.54 Å². The van der Waals surface area contributed by atoms with Crippen LogP contribution in [-0.2, 0) is 25.0 Å². The highest BCUT2D eigenvalue weighted by Crippen LogP contribution is 2.42. The molecule has 2 aliphatic rings. The van der Waals surface area contributed by atoms with Crippen LogP contribution in [-0.4, -0.2) is 50.2 Å². The average molecular weight is 408 g/mol. The van der Waals surface area contributed by atoms with E-state index >= 15 is 0 Å². The first-order chi connectivity index (χ1) is 13.1. The molecule has 0 bridgehead atoms. The van der Waals surface area contributed by atoms with Crippen molar-refractivity contribution in [2.75, 3.05) is 24.5 Å². The number of sulfonamides is 1. The van der Waals surface area contributed by atoms with Crippen LogP contribution in [0.4, 0.5) is 5.69 Å². The van der Waals surface area contributed by atoms with Gasteiger partial charge in [-0.25, -0.2) is 8.42 Å². The smallest absolute Gasteiger partial charge is 0.243 e. The Labute approximate surface area is 167 Å². The van der Waals surface area contributed by atoms with Crippen LogP contribution in [0.3, 0.4) is 0 Å². The molecular weight excluding hydrogens is 378 g/mol. The normalized spacial score (nSPS) is 20.3. The molecule has 7 nitrogen and oxygen atoms in total. The summed E-state index contributed by atoms with van der Waals surface area (Å²) in [5.41, 5.74) is 0.367. The predicted molar refractivity (Wildman–Crippen MR) is 108 cm³/mol. The van der Waals surface area contributed by atoms with Crippen molar-refractivity contribution in [2.24, 2.45) is 0 Å². The number of hydrogen-bond donors (Lipinski definition) is 1. The molecule has 1 fully saturated rings. The number of nitrogens with one attached hydrogen (secondary N) is 1. The zero-order valence-electron chi connectivity index (χ0n) is 17.0. The maximum absolute atomic E-state index is 13.0. The number of benzene rings is 1. The van der Waals surface area contributed by atoms with Crippen molar-refractivity contribution >= 4 is 27.5 Å². The van der Waals surface area contributed by atoms with E-state index in [4.69, 9.17) is 0 Å². The van der Waals surface area contributed by atoms with Gasteiger partial charge in [-0.15, -0.1) is 0 Å². The molecule has 1 saturated heterocycles. The van der Waals surface area contributed by atoms with Crippen LogP contribution in [0, 0.1) is 0 Å². The van der Waals surface area contributed by atoms with Crippen molar-refractivity contribution in [2.45, 2.75) is 63.3 Å². The third-order valence-electron chi connectivity index (χ3n) is 5.74. The number of fused-ring (bicyclic) bond motifs is 1. The second-order valence-corrected chi connectivity index (χ2v) is 10.1. The van der Waals surface area contributed by atoms with Crippen molar-refractivity contribution in [3.63, 3.8) is 0 Å². The minimum absolute atomic E-state index is 0.0330. The molecule has 1 aromatic carbocycles. The zero-order chi connectivity index (χ0) is 20.7. The molecule has 0 radical (unpaired) electrons. The molecule has 2 aliphatic heterocycles. The van der Waals surface area contributed by atoms with Crippen molar-refractivity contribution in [1.82, 2.24) is 9.62 Å². The van der Waals surface area contributed by atoms with Crippen LogP contribution in [0.25, 0.3) is 0 Å². The van der Waals surface area contributed by atoms with Gasteiger partial charge in [-0.2, -0.15) is 4.31 Å². The predicted octanol–water partition coefficient (Wildman–Crippen LogP) is 2.01. The van der Waals surface area contributed by atoms with E-state index in [2.05, 4.69) is 5.32 Å². The Morgan fingerprint density at radius 1 is 1.25 bits per heavy atom. The van der Waals surface area contributed by atoms with E-state index in [9.17, 15) is 18.0 Å². The third kappa shape index (κ3) is 3.55. The van der Waals surface area contributed by atoms with Gasteiger partial charge in [-0.1, -0.05) is 6.92 Å². The van der Waals surface area contributed by atoms with Crippen molar-refractivity contribution in [3.05, 3.63) is 23.8 Å². The summed E-state index contributed by atoms with van der Waals surface area (Å²) in [5.74, 6) is -0.419. The first kappa shape index (κ1) is 20.8.